The summed E-state index contributed by atoms with van der Waals surface area (Å²) in [6, 6.07) is 0. The highest BCUT2D eigenvalue weighted by Gasteiger charge is 2.64. The number of nitrogens with two attached hydrogens (primary N) is 1. The molecule has 3 rings (SSSR count). The normalized spacial score (nSPS) is 25.9. The molecule has 4 heteroatoms. The molecule has 0 aliphatic heterocycles. The van der Waals surface area contributed by atoms with E-state index in [-0.39, 0.29) is 11.0 Å². The molecular weight excluding hydrogens is 196 g/mol. The lowest BCUT2D eigenvalue weighted by atomic mass is 9.93. The molecule has 1 aromatic rings. The molecule has 0 amide bonds. The molecule has 0 bridgehead atoms. The number of hydrogen-bond donors (Lipinski definition) is 1. The molecule has 0 aromatic carbocycles. The van der Waals surface area contributed by atoms with Crippen LogP contribution in [0.2, 0.25) is 0 Å². The van der Waals surface area contributed by atoms with Crippen LogP contribution < -0.4 is 10.5 Å². The first kappa shape index (κ1) is 8.68. The van der Waals surface area contributed by atoms with Crippen molar-refractivity contribution in [1.29, 1.82) is 0 Å². The van der Waals surface area contributed by atoms with E-state index in [9.17, 15) is 0 Å². The predicted octanol–water partition coefficient (Wildman–Crippen LogP) is 1.67. The molecule has 1 heterocycles. The van der Waals surface area contributed by atoms with Crippen LogP contribution in [0.15, 0.2) is 6.20 Å². The number of ether oxygens (including phenoxy) is 1. The van der Waals surface area contributed by atoms with Gasteiger partial charge in [0.15, 0.2) is 0 Å². The lowest BCUT2D eigenvalue weighted by Crippen LogP contribution is -2.36. The summed E-state index contributed by atoms with van der Waals surface area (Å²) in [5.74, 6) is 0. The van der Waals surface area contributed by atoms with Gasteiger partial charge in [0, 0.05) is 22.0 Å². The zero-order valence-corrected chi connectivity index (χ0v) is 9.06. The Kier molecular flexibility index (Phi) is 1.55. The van der Waals surface area contributed by atoms with Crippen LogP contribution in [-0.4, -0.2) is 17.6 Å². The number of thiazole rings is 1. The van der Waals surface area contributed by atoms with E-state index in [1.165, 1.54) is 30.6 Å². The van der Waals surface area contributed by atoms with Crippen LogP contribution in [0.4, 0.5) is 0 Å². The Labute approximate surface area is 87.3 Å². The van der Waals surface area contributed by atoms with Gasteiger partial charge in [-0.2, -0.15) is 0 Å². The van der Waals surface area contributed by atoms with Gasteiger partial charge in [-0.3, -0.25) is 0 Å². The lowest BCUT2D eigenvalue weighted by Gasteiger charge is -2.20. The van der Waals surface area contributed by atoms with Gasteiger partial charge in [0.25, 0.3) is 5.19 Å². The number of hydrogen-bond acceptors (Lipinski definition) is 4. The molecule has 14 heavy (non-hydrogen) atoms. The third kappa shape index (κ3) is 0.982. The van der Waals surface area contributed by atoms with Crippen molar-refractivity contribution in [1.82, 2.24) is 4.98 Å². The van der Waals surface area contributed by atoms with Crippen LogP contribution in [0.25, 0.3) is 0 Å². The van der Waals surface area contributed by atoms with Crippen molar-refractivity contribution in [2.75, 3.05) is 7.11 Å². The zero-order valence-electron chi connectivity index (χ0n) is 8.25. The van der Waals surface area contributed by atoms with Gasteiger partial charge in [0.2, 0.25) is 0 Å². The van der Waals surface area contributed by atoms with E-state index in [0.717, 1.165) is 5.19 Å². The minimum atomic E-state index is 0.0878. The number of methoxy groups -OCH3 is 1. The fourth-order valence-electron chi connectivity index (χ4n) is 2.30. The van der Waals surface area contributed by atoms with Crippen LogP contribution in [0, 0.1) is 0 Å². The van der Waals surface area contributed by atoms with E-state index >= 15 is 0 Å². The number of nitrogens with zero attached hydrogens (tertiary/aromatic N) is 1. The first-order chi connectivity index (χ1) is 6.70. The SMILES string of the molecule is COc1ncc(C2(C3(N)CC3)CC2)s1. The molecule has 2 aliphatic carbocycles. The van der Waals surface area contributed by atoms with Gasteiger partial charge in [-0.05, 0) is 25.7 Å². The fraction of sp³-hybridized carbons (Fsp3) is 0.700. The van der Waals surface area contributed by atoms with E-state index in [2.05, 4.69) is 4.98 Å². The molecular formula is C10H14N2OS. The van der Waals surface area contributed by atoms with Crippen LogP contribution in [0.1, 0.15) is 30.6 Å². The average molecular weight is 210 g/mol. The van der Waals surface area contributed by atoms with Gasteiger partial charge in [-0.25, -0.2) is 4.98 Å². The number of rotatable bonds is 3. The summed E-state index contributed by atoms with van der Waals surface area (Å²) in [6.45, 7) is 0. The van der Waals surface area contributed by atoms with Gasteiger partial charge in [-0.1, -0.05) is 11.3 Å². The highest BCUT2D eigenvalue weighted by atomic mass is 32.1. The van der Waals surface area contributed by atoms with Crippen molar-refractivity contribution in [2.45, 2.75) is 36.6 Å². The molecule has 0 unspecified atom stereocenters. The summed E-state index contributed by atoms with van der Waals surface area (Å²) < 4.78 is 5.12. The Hall–Kier alpha value is -0.610. The molecule has 76 valence electrons. The molecule has 0 atom stereocenters. The molecule has 2 aliphatic rings. The summed E-state index contributed by atoms with van der Waals surface area (Å²) in [5.41, 5.74) is 6.66. The van der Waals surface area contributed by atoms with Gasteiger partial charge >= 0.3 is 0 Å². The summed E-state index contributed by atoms with van der Waals surface area (Å²) in [6.07, 6.45) is 6.76. The van der Waals surface area contributed by atoms with Gasteiger partial charge < -0.3 is 10.5 Å². The third-order valence-corrected chi connectivity index (χ3v) is 4.79. The maximum Gasteiger partial charge on any atom is 0.273 e. The van der Waals surface area contributed by atoms with E-state index in [0.29, 0.717) is 0 Å². The second-order valence-corrected chi connectivity index (χ2v) is 5.43. The smallest absolute Gasteiger partial charge is 0.273 e. The van der Waals surface area contributed by atoms with Crippen molar-refractivity contribution < 1.29 is 4.74 Å². The monoisotopic (exact) mass is 210 g/mol. The Morgan fingerprint density at radius 3 is 2.57 bits per heavy atom. The van der Waals surface area contributed by atoms with Gasteiger partial charge in [0.05, 0.1) is 7.11 Å². The van der Waals surface area contributed by atoms with Crippen molar-refractivity contribution in [2.24, 2.45) is 5.73 Å². The summed E-state index contributed by atoms with van der Waals surface area (Å²) in [4.78, 5) is 5.55. The van der Waals surface area contributed by atoms with E-state index in [4.69, 9.17) is 10.5 Å². The molecule has 0 radical (unpaired) electrons. The van der Waals surface area contributed by atoms with Crippen molar-refractivity contribution >= 4 is 11.3 Å². The second-order valence-electron chi connectivity index (χ2n) is 4.43. The highest BCUT2D eigenvalue weighted by molar-refractivity contribution is 7.13. The minimum Gasteiger partial charge on any atom is -0.473 e. The summed E-state index contributed by atoms with van der Waals surface area (Å²) >= 11 is 1.66. The predicted molar refractivity (Wildman–Crippen MR) is 55.7 cm³/mol. The standard InChI is InChI=1S/C10H14N2OS/c1-13-8-12-6-7(14-8)9(2-3-9)10(11)4-5-10/h6H,2-5,11H2,1H3. The van der Waals surface area contributed by atoms with Crippen LogP contribution in [0.5, 0.6) is 5.19 Å². The van der Waals surface area contributed by atoms with E-state index in [1.807, 2.05) is 6.20 Å². The largest absolute Gasteiger partial charge is 0.473 e. The fourth-order valence-corrected chi connectivity index (χ4v) is 3.39. The Bertz CT molecular complexity index is 366. The molecule has 2 fully saturated rings. The summed E-state index contributed by atoms with van der Waals surface area (Å²) in [5, 5.41) is 0.760. The molecule has 0 saturated heterocycles. The van der Waals surface area contributed by atoms with Crippen LogP contribution in [0.3, 0.4) is 0 Å². The van der Waals surface area contributed by atoms with Crippen LogP contribution in [-0.2, 0) is 5.41 Å². The Morgan fingerprint density at radius 2 is 2.14 bits per heavy atom. The summed E-state index contributed by atoms with van der Waals surface area (Å²) in [7, 11) is 1.66. The van der Waals surface area contributed by atoms with Crippen molar-refractivity contribution in [3.8, 4) is 5.19 Å². The first-order valence-electron chi connectivity index (χ1n) is 4.99. The molecule has 0 spiro atoms. The quantitative estimate of drug-likeness (QED) is 0.825. The third-order valence-electron chi connectivity index (χ3n) is 3.62. The Balaban J connectivity index is 1.94. The van der Waals surface area contributed by atoms with E-state index in [1.54, 1.807) is 18.4 Å². The number of aromatic nitrogens is 1. The lowest BCUT2D eigenvalue weighted by molar-refractivity contribution is 0.412. The van der Waals surface area contributed by atoms with Crippen LogP contribution >= 0.6 is 11.3 Å². The highest BCUT2D eigenvalue weighted by Crippen LogP contribution is 2.64. The topological polar surface area (TPSA) is 48.1 Å². The molecule has 2 saturated carbocycles. The van der Waals surface area contributed by atoms with Crippen molar-refractivity contribution in [3.63, 3.8) is 0 Å². The van der Waals surface area contributed by atoms with Gasteiger partial charge in [0.1, 0.15) is 0 Å². The van der Waals surface area contributed by atoms with Gasteiger partial charge in [-0.15, -0.1) is 0 Å². The maximum absolute atomic E-state index is 6.31. The second kappa shape index (κ2) is 2.49. The Morgan fingerprint density at radius 1 is 1.43 bits per heavy atom. The average Bonchev–Trinajstić information content (AvgIpc) is 3.08. The minimum absolute atomic E-state index is 0.0878. The van der Waals surface area contributed by atoms with E-state index < -0.39 is 0 Å². The maximum atomic E-state index is 6.31. The molecule has 3 nitrogen and oxygen atoms in total. The zero-order chi connectivity index (χ0) is 9.81. The molecule has 2 N–H and O–H groups in total. The molecule has 1 aromatic heterocycles. The van der Waals surface area contributed by atoms with Crippen molar-refractivity contribution in [3.05, 3.63) is 11.1 Å². The first-order valence-corrected chi connectivity index (χ1v) is 5.81.